The van der Waals surface area contributed by atoms with Crippen LogP contribution in [0, 0.1) is 0 Å². The number of hydrogen-bond acceptors (Lipinski definition) is 4. The number of carbonyl (C=O) groups excluding carboxylic acids is 1. The van der Waals surface area contributed by atoms with Gasteiger partial charge in [0.05, 0.1) is 5.25 Å². The fraction of sp³-hybridized carbons (Fsp3) is 0.350. The van der Waals surface area contributed by atoms with E-state index in [0.29, 0.717) is 24.0 Å². The Balaban J connectivity index is 1.90. The van der Waals surface area contributed by atoms with E-state index >= 15 is 0 Å². The summed E-state index contributed by atoms with van der Waals surface area (Å²) in [6, 6.07) is 17.5. The van der Waals surface area contributed by atoms with Crippen molar-refractivity contribution in [3.05, 3.63) is 71.8 Å². The monoisotopic (exact) mass is 358 g/mol. The highest BCUT2D eigenvalue weighted by atomic mass is 32.2. The van der Waals surface area contributed by atoms with Gasteiger partial charge in [0.25, 0.3) is 10.1 Å². The van der Waals surface area contributed by atoms with E-state index in [-0.39, 0.29) is 5.78 Å². The van der Waals surface area contributed by atoms with E-state index in [1.165, 1.54) is 0 Å². The molecule has 0 N–H and O–H groups in total. The molecule has 0 aliphatic heterocycles. The first kappa shape index (κ1) is 17.8. The SMILES string of the molecule is O=C(c1ccccc1)C(OS(=O)(=O)C1CCCCC1)c1ccccc1. The average Bonchev–Trinajstić information content (AvgIpc) is 2.68. The van der Waals surface area contributed by atoms with Crippen molar-refractivity contribution in [3.8, 4) is 0 Å². The van der Waals surface area contributed by atoms with E-state index < -0.39 is 21.5 Å². The van der Waals surface area contributed by atoms with Crippen LogP contribution in [-0.2, 0) is 14.3 Å². The van der Waals surface area contributed by atoms with Crippen LogP contribution in [0.4, 0.5) is 0 Å². The van der Waals surface area contributed by atoms with Gasteiger partial charge in [-0.15, -0.1) is 0 Å². The Hall–Kier alpha value is -1.98. The second-order valence-electron chi connectivity index (χ2n) is 6.37. The molecule has 0 saturated heterocycles. The third-order valence-corrected chi connectivity index (χ3v) is 6.34. The van der Waals surface area contributed by atoms with Crippen molar-refractivity contribution in [1.82, 2.24) is 0 Å². The van der Waals surface area contributed by atoms with Gasteiger partial charge < -0.3 is 0 Å². The van der Waals surface area contributed by atoms with Crippen LogP contribution in [0.25, 0.3) is 0 Å². The first-order valence-corrected chi connectivity index (χ1v) is 10.1. The van der Waals surface area contributed by atoms with Crippen LogP contribution in [0.2, 0.25) is 0 Å². The summed E-state index contributed by atoms with van der Waals surface area (Å²) < 4.78 is 31.0. The summed E-state index contributed by atoms with van der Waals surface area (Å²) in [5.41, 5.74) is 0.992. The molecule has 1 saturated carbocycles. The van der Waals surface area contributed by atoms with Gasteiger partial charge in [0.1, 0.15) is 0 Å². The lowest BCUT2D eigenvalue weighted by molar-refractivity contribution is 0.0797. The molecule has 3 rings (SSSR count). The predicted molar refractivity (Wildman–Crippen MR) is 96.8 cm³/mol. The van der Waals surface area contributed by atoms with E-state index in [0.717, 1.165) is 19.3 Å². The van der Waals surface area contributed by atoms with Gasteiger partial charge in [-0.3, -0.25) is 8.98 Å². The van der Waals surface area contributed by atoms with E-state index in [9.17, 15) is 13.2 Å². The Labute approximate surface area is 149 Å². The van der Waals surface area contributed by atoms with Gasteiger partial charge >= 0.3 is 0 Å². The normalized spacial score (nSPS) is 17.1. The summed E-state index contributed by atoms with van der Waals surface area (Å²) in [6.45, 7) is 0. The highest BCUT2D eigenvalue weighted by Gasteiger charge is 2.34. The average molecular weight is 358 g/mol. The Morgan fingerprint density at radius 3 is 2.04 bits per heavy atom. The van der Waals surface area contributed by atoms with E-state index in [1.807, 2.05) is 12.1 Å². The molecule has 0 spiro atoms. The first-order valence-electron chi connectivity index (χ1n) is 8.64. The van der Waals surface area contributed by atoms with Crippen molar-refractivity contribution < 1.29 is 17.4 Å². The van der Waals surface area contributed by atoms with Crippen LogP contribution in [0.5, 0.6) is 0 Å². The summed E-state index contributed by atoms with van der Waals surface area (Å²) in [4.78, 5) is 12.9. The molecule has 132 valence electrons. The van der Waals surface area contributed by atoms with Crippen molar-refractivity contribution in [2.75, 3.05) is 0 Å². The Morgan fingerprint density at radius 2 is 1.44 bits per heavy atom. The van der Waals surface area contributed by atoms with Gasteiger partial charge in [-0.2, -0.15) is 8.42 Å². The van der Waals surface area contributed by atoms with Gasteiger partial charge in [-0.25, -0.2) is 0 Å². The molecular formula is C20H22O4S. The molecule has 0 bridgehead atoms. The second kappa shape index (κ2) is 7.93. The highest BCUT2D eigenvalue weighted by molar-refractivity contribution is 7.87. The Morgan fingerprint density at radius 1 is 0.880 bits per heavy atom. The maximum absolute atomic E-state index is 12.9. The minimum absolute atomic E-state index is 0.341. The zero-order valence-corrected chi connectivity index (χ0v) is 14.8. The maximum Gasteiger partial charge on any atom is 0.271 e. The lowest BCUT2D eigenvalue weighted by atomic mass is 10.0. The number of Topliss-reactive ketones (excluding diaryl/α,β-unsaturated/α-hetero) is 1. The van der Waals surface area contributed by atoms with Gasteiger partial charge in [0.2, 0.25) is 0 Å². The van der Waals surface area contributed by atoms with Crippen LogP contribution in [0.3, 0.4) is 0 Å². The number of ketones is 1. The molecule has 25 heavy (non-hydrogen) atoms. The smallest absolute Gasteiger partial charge is 0.271 e. The third kappa shape index (κ3) is 4.35. The van der Waals surface area contributed by atoms with Gasteiger partial charge in [0.15, 0.2) is 11.9 Å². The fourth-order valence-electron chi connectivity index (χ4n) is 3.20. The third-order valence-electron chi connectivity index (χ3n) is 4.59. The van der Waals surface area contributed by atoms with Gasteiger partial charge in [0, 0.05) is 5.56 Å². The summed E-state index contributed by atoms with van der Waals surface area (Å²) >= 11 is 0. The largest absolute Gasteiger partial charge is 0.291 e. The van der Waals surface area contributed by atoms with E-state index in [2.05, 4.69) is 0 Å². The topological polar surface area (TPSA) is 60.4 Å². The molecule has 5 heteroatoms. The Bertz CT molecular complexity index is 794. The summed E-state index contributed by atoms with van der Waals surface area (Å²) in [6.07, 6.45) is 2.88. The number of rotatable bonds is 6. The summed E-state index contributed by atoms with van der Waals surface area (Å²) in [7, 11) is -3.80. The summed E-state index contributed by atoms with van der Waals surface area (Å²) in [5.74, 6) is -0.341. The van der Waals surface area contributed by atoms with Crippen molar-refractivity contribution in [2.45, 2.75) is 43.5 Å². The molecule has 1 atom stereocenters. The molecule has 2 aromatic carbocycles. The molecule has 1 fully saturated rings. The molecule has 1 unspecified atom stereocenters. The lowest BCUT2D eigenvalue weighted by Crippen LogP contribution is -2.29. The van der Waals surface area contributed by atoms with E-state index in [1.54, 1.807) is 48.5 Å². The van der Waals surface area contributed by atoms with Crippen LogP contribution in [0.15, 0.2) is 60.7 Å². The molecule has 1 aliphatic carbocycles. The Kier molecular flexibility index (Phi) is 5.66. The minimum atomic E-state index is -3.80. The van der Waals surface area contributed by atoms with Crippen molar-refractivity contribution in [1.29, 1.82) is 0 Å². The van der Waals surface area contributed by atoms with Gasteiger partial charge in [-0.05, 0) is 18.4 Å². The van der Waals surface area contributed by atoms with E-state index in [4.69, 9.17) is 4.18 Å². The van der Waals surface area contributed by atoms with Crippen molar-refractivity contribution >= 4 is 15.9 Å². The predicted octanol–water partition coefficient (Wildman–Crippen LogP) is 4.29. The second-order valence-corrected chi connectivity index (χ2v) is 8.21. The van der Waals surface area contributed by atoms with Crippen LogP contribution in [0.1, 0.15) is 54.1 Å². The van der Waals surface area contributed by atoms with Crippen molar-refractivity contribution in [2.24, 2.45) is 0 Å². The lowest BCUT2D eigenvalue weighted by Gasteiger charge is -2.24. The zero-order chi connectivity index (χ0) is 17.7. The zero-order valence-electron chi connectivity index (χ0n) is 14.0. The molecule has 1 aliphatic rings. The first-order chi connectivity index (χ1) is 12.1. The standard InChI is InChI=1S/C20H22O4S/c21-19(16-10-4-1-5-11-16)20(17-12-6-2-7-13-17)24-25(22,23)18-14-8-3-9-15-18/h1-2,4-7,10-13,18,20H,3,8-9,14-15H2. The van der Waals surface area contributed by atoms with Crippen LogP contribution >= 0.6 is 0 Å². The number of hydrogen-bond donors (Lipinski definition) is 0. The molecule has 0 amide bonds. The van der Waals surface area contributed by atoms with Crippen molar-refractivity contribution in [3.63, 3.8) is 0 Å². The quantitative estimate of drug-likeness (QED) is 0.571. The molecule has 0 radical (unpaired) electrons. The number of carbonyl (C=O) groups is 1. The molecular weight excluding hydrogens is 336 g/mol. The number of benzene rings is 2. The van der Waals surface area contributed by atoms with Gasteiger partial charge in [-0.1, -0.05) is 79.9 Å². The molecule has 0 heterocycles. The van der Waals surface area contributed by atoms with Crippen LogP contribution < -0.4 is 0 Å². The maximum atomic E-state index is 12.9. The fourth-order valence-corrected chi connectivity index (χ4v) is 4.73. The molecule has 0 aromatic heterocycles. The van der Waals surface area contributed by atoms with Crippen LogP contribution in [-0.4, -0.2) is 19.5 Å². The molecule has 4 nitrogen and oxygen atoms in total. The minimum Gasteiger partial charge on any atom is -0.291 e. The highest BCUT2D eigenvalue weighted by Crippen LogP contribution is 2.30. The summed E-state index contributed by atoms with van der Waals surface area (Å²) in [5, 5.41) is -0.518. The molecule has 2 aromatic rings.